The van der Waals surface area contributed by atoms with Crippen molar-refractivity contribution in [3.63, 3.8) is 0 Å². The molecule has 1 aromatic rings. The highest BCUT2D eigenvalue weighted by Crippen LogP contribution is 2.30. The third-order valence-corrected chi connectivity index (χ3v) is 4.85. The fraction of sp³-hybridized carbons (Fsp3) is 0.667. The zero-order valence-corrected chi connectivity index (χ0v) is 13.6. The number of hydrogen-bond acceptors (Lipinski definition) is 6. The monoisotopic (exact) mass is 339 g/mol. The standard InChI is InChI=1S/C15H21N3O4S/c19-8-12-11(17-14(21)9-1-2-9)4-3-10(22-12)7-13(20)18-15-16-5-6-23-15/h5-6,9-12,19H,1-4,7-8H2,(H,17,21)(H,16,18,20)/t10-,11-,12+/m0/s1. The number of aliphatic hydroxyl groups is 1. The minimum Gasteiger partial charge on any atom is -0.394 e. The highest BCUT2D eigenvalue weighted by atomic mass is 32.1. The molecule has 0 aromatic carbocycles. The molecule has 1 aromatic heterocycles. The Morgan fingerprint density at radius 1 is 1.35 bits per heavy atom. The van der Waals surface area contributed by atoms with E-state index >= 15 is 0 Å². The second-order valence-corrected chi connectivity index (χ2v) is 6.93. The average Bonchev–Trinajstić information content (AvgIpc) is 3.27. The van der Waals surface area contributed by atoms with Crippen LogP contribution in [-0.4, -0.2) is 46.8 Å². The molecule has 0 bridgehead atoms. The summed E-state index contributed by atoms with van der Waals surface area (Å²) in [5, 5.41) is 17.5. The second-order valence-electron chi connectivity index (χ2n) is 6.04. The summed E-state index contributed by atoms with van der Waals surface area (Å²) in [4.78, 5) is 27.8. The maximum absolute atomic E-state index is 12.0. The fourth-order valence-corrected chi connectivity index (χ4v) is 3.30. The van der Waals surface area contributed by atoms with E-state index in [-0.39, 0.29) is 42.9 Å². The van der Waals surface area contributed by atoms with Crippen LogP contribution in [-0.2, 0) is 14.3 Å². The molecular weight excluding hydrogens is 318 g/mol. The van der Waals surface area contributed by atoms with Gasteiger partial charge in [-0.1, -0.05) is 0 Å². The first-order chi connectivity index (χ1) is 11.2. The van der Waals surface area contributed by atoms with Crippen molar-refractivity contribution in [2.45, 2.75) is 50.4 Å². The molecule has 1 saturated heterocycles. The van der Waals surface area contributed by atoms with Crippen molar-refractivity contribution in [3.05, 3.63) is 11.6 Å². The van der Waals surface area contributed by atoms with Gasteiger partial charge in [-0.3, -0.25) is 9.59 Å². The van der Waals surface area contributed by atoms with Gasteiger partial charge in [0.1, 0.15) is 6.10 Å². The first kappa shape index (κ1) is 16.4. The molecule has 1 aliphatic heterocycles. The van der Waals surface area contributed by atoms with E-state index in [9.17, 15) is 14.7 Å². The number of amides is 2. The Bertz CT molecular complexity index is 547. The number of nitrogens with one attached hydrogen (secondary N) is 2. The van der Waals surface area contributed by atoms with Gasteiger partial charge < -0.3 is 20.5 Å². The normalized spacial score (nSPS) is 27.4. The minimum absolute atomic E-state index is 0.0528. The lowest BCUT2D eigenvalue weighted by atomic mass is 9.96. The molecule has 2 amide bonds. The van der Waals surface area contributed by atoms with Crippen LogP contribution in [0.15, 0.2) is 11.6 Å². The molecule has 23 heavy (non-hydrogen) atoms. The van der Waals surface area contributed by atoms with Gasteiger partial charge in [-0.05, 0) is 25.7 Å². The van der Waals surface area contributed by atoms with Crippen molar-refractivity contribution in [1.29, 1.82) is 0 Å². The van der Waals surface area contributed by atoms with E-state index in [1.54, 1.807) is 11.6 Å². The summed E-state index contributed by atoms with van der Waals surface area (Å²) in [7, 11) is 0. The van der Waals surface area contributed by atoms with E-state index in [1.165, 1.54) is 11.3 Å². The van der Waals surface area contributed by atoms with Crippen molar-refractivity contribution in [3.8, 4) is 0 Å². The molecule has 3 N–H and O–H groups in total. The number of rotatable bonds is 6. The number of thiazole rings is 1. The van der Waals surface area contributed by atoms with Crippen molar-refractivity contribution in [2.75, 3.05) is 11.9 Å². The van der Waals surface area contributed by atoms with Gasteiger partial charge in [-0.2, -0.15) is 0 Å². The quantitative estimate of drug-likeness (QED) is 0.715. The van der Waals surface area contributed by atoms with Crippen LogP contribution in [0.5, 0.6) is 0 Å². The third-order valence-electron chi connectivity index (χ3n) is 4.16. The molecule has 8 heteroatoms. The number of anilines is 1. The molecule has 1 aliphatic carbocycles. The summed E-state index contributed by atoms with van der Waals surface area (Å²) in [5.41, 5.74) is 0. The number of hydrogen-bond donors (Lipinski definition) is 3. The lowest BCUT2D eigenvalue weighted by molar-refractivity contribution is -0.134. The van der Waals surface area contributed by atoms with Crippen molar-refractivity contribution < 1.29 is 19.4 Å². The Balaban J connectivity index is 1.47. The molecule has 2 heterocycles. The highest BCUT2D eigenvalue weighted by molar-refractivity contribution is 7.13. The van der Waals surface area contributed by atoms with E-state index < -0.39 is 6.10 Å². The Kier molecular flexibility index (Phi) is 5.24. The Morgan fingerprint density at radius 3 is 2.83 bits per heavy atom. The van der Waals surface area contributed by atoms with Gasteiger partial charge in [-0.25, -0.2) is 4.98 Å². The first-order valence-electron chi connectivity index (χ1n) is 7.91. The SMILES string of the molecule is O=C(C[C@@H]1CC[C@H](NC(=O)C2CC2)[C@@H](CO)O1)Nc1nccs1. The predicted octanol–water partition coefficient (Wildman–Crippen LogP) is 0.906. The molecule has 126 valence electrons. The van der Waals surface area contributed by atoms with Crippen LogP contribution in [0.2, 0.25) is 0 Å². The zero-order chi connectivity index (χ0) is 16.2. The summed E-state index contributed by atoms with van der Waals surface area (Å²) in [5.74, 6) is 0.0373. The topological polar surface area (TPSA) is 101 Å². The number of nitrogens with zero attached hydrogens (tertiary/aromatic N) is 1. The maximum Gasteiger partial charge on any atom is 0.228 e. The minimum atomic E-state index is -0.455. The van der Waals surface area contributed by atoms with Crippen LogP contribution in [0.1, 0.15) is 32.1 Å². The lowest BCUT2D eigenvalue weighted by Gasteiger charge is -2.36. The molecule has 2 aliphatic rings. The van der Waals surface area contributed by atoms with Crippen LogP contribution in [0, 0.1) is 5.92 Å². The van der Waals surface area contributed by atoms with Crippen LogP contribution >= 0.6 is 11.3 Å². The van der Waals surface area contributed by atoms with E-state index in [0.717, 1.165) is 12.8 Å². The lowest BCUT2D eigenvalue weighted by Crippen LogP contribution is -2.51. The fourth-order valence-electron chi connectivity index (χ4n) is 2.76. The van der Waals surface area contributed by atoms with Gasteiger partial charge in [-0.15, -0.1) is 11.3 Å². The molecule has 7 nitrogen and oxygen atoms in total. The molecule has 0 spiro atoms. The Labute approximate surface area is 138 Å². The molecular formula is C15H21N3O4S. The van der Waals surface area contributed by atoms with Crippen LogP contribution in [0.25, 0.3) is 0 Å². The summed E-state index contributed by atoms with van der Waals surface area (Å²) >= 11 is 1.36. The number of aromatic nitrogens is 1. The maximum atomic E-state index is 12.0. The van der Waals surface area contributed by atoms with Crippen LogP contribution in [0.3, 0.4) is 0 Å². The third kappa shape index (κ3) is 4.49. The van der Waals surface area contributed by atoms with E-state index in [2.05, 4.69) is 15.6 Å². The van der Waals surface area contributed by atoms with Crippen LogP contribution in [0.4, 0.5) is 5.13 Å². The van der Waals surface area contributed by atoms with E-state index in [4.69, 9.17) is 4.74 Å². The van der Waals surface area contributed by atoms with Gasteiger partial charge >= 0.3 is 0 Å². The van der Waals surface area contributed by atoms with Gasteiger partial charge in [0, 0.05) is 17.5 Å². The molecule has 0 unspecified atom stereocenters. The molecule has 3 rings (SSSR count). The Morgan fingerprint density at radius 2 is 2.17 bits per heavy atom. The largest absolute Gasteiger partial charge is 0.394 e. The smallest absolute Gasteiger partial charge is 0.228 e. The first-order valence-corrected chi connectivity index (χ1v) is 8.79. The number of carbonyl (C=O) groups is 2. The van der Waals surface area contributed by atoms with E-state index in [1.807, 2.05) is 0 Å². The van der Waals surface area contributed by atoms with Crippen molar-refractivity contribution >= 4 is 28.3 Å². The number of aliphatic hydroxyl groups excluding tert-OH is 1. The molecule has 1 saturated carbocycles. The number of ether oxygens (including phenoxy) is 1. The predicted molar refractivity (Wildman–Crippen MR) is 85.0 cm³/mol. The van der Waals surface area contributed by atoms with Gasteiger partial charge in [0.25, 0.3) is 0 Å². The second kappa shape index (κ2) is 7.37. The van der Waals surface area contributed by atoms with Gasteiger partial charge in [0.05, 0.1) is 25.2 Å². The Hall–Kier alpha value is -1.51. The van der Waals surface area contributed by atoms with Crippen molar-refractivity contribution in [1.82, 2.24) is 10.3 Å². The van der Waals surface area contributed by atoms with Crippen molar-refractivity contribution in [2.24, 2.45) is 5.92 Å². The summed E-state index contributed by atoms with van der Waals surface area (Å²) in [6, 6.07) is -0.175. The molecule has 3 atom stereocenters. The van der Waals surface area contributed by atoms with Gasteiger partial charge in [0.2, 0.25) is 11.8 Å². The molecule has 2 fully saturated rings. The summed E-state index contributed by atoms with van der Waals surface area (Å²) < 4.78 is 5.80. The average molecular weight is 339 g/mol. The summed E-state index contributed by atoms with van der Waals surface area (Å²) in [6.45, 7) is -0.166. The number of carbonyl (C=O) groups excluding carboxylic acids is 2. The zero-order valence-electron chi connectivity index (χ0n) is 12.7. The van der Waals surface area contributed by atoms with E-state index in [0.29, 0.717) is 18.0 Å². The summed E-state index contributed by atoms with van der Waals surface area (Å²) in [6.07, 6.45) is 4.43. The highest BCUT2D eigenvalue weighted by Gasteiger charge is 2.36. The van der Waals surface area contributed by atoms with Crippen LogP contribution < -0.4 is 10.6 Å². The molecule has 0 radical (unpaired) electrons. The van der Waals surface area contributed by atoms with Gasteiger partial charge in [0.15, 0.2) is 5.13 Å².